The number of aliphatic hydroxyl groups is 1. The van der Waals surface area contributed by atoms with Gasteiger partial charge < -0.3 is 14.6 Å². The van der Waals surface area contributed by atoms with Gasteiger partial charge in [0.05, 0.1) is 37.7 Å². The van der Waals surface area contributed by atoms with Crippen molar-refractivity contribution in [1.29, 1.82) is 5.26 Å². The molecule has 0 rings (SSSR count). The van der Waals surface area contributed by atoms with E-state index in [2.05, 4.69) is 4.74 Å². The molecule has 1 N–H and O–H groups in total. The second kappa shape index (κ2) is 11.5. The fraction of sp³-hybridized carbons (Fsp3) is 0.600. The van der Waals surface area contributed by atoms with Crippen molar-refractivity contribution < 1.29 is 32.5 Å². The molecule has 0 aliphatic heterocycles. The van der Waals surface area contributed by atoms with Crippen LogP contribution in [0.15, 0.2) is 24.7 Å². The Balaban J connectivity index is 0. The zero-order valence-corrected chi connectivity index (χ0v) is 13.6. The molecule has 0 bridgehead atoms. The predicted molar refractivity (Wildman–Crippen MR) is 78.0 cm³/mol. The van der Waals surface area contributed by atoms with Crippen LogP contribution in [-0.2, 0) is 14.3 Å². The first-order valence-corrected chi connectivity index (χ1v) is 6.83. The number of hydrogen-bond donors (Lipinski definition) is 1. The predicted octanol–water partition coefficient (Wildman–Crippen LogP) is 3.12. The van der Waals surface area contributed by atoms with Gasteiger partial charge in [0.25, 0.3) is 0 Å². The van der Waals surface area contributed by atoms with Crippen molar-refractivity contribution in [2.75, 3.05) is 13.2 Å². The third-order valence-corrected chi connectivity index (χ3v) is 2.46. The number of ether oxygens (including phenoxy) is 2. The molecule has 0 aromatic carbocycles. The Hall–Kier alpha value is -2.01. The van der Waals surface area contributed by atoms with Crippen LogP contribution < -0.4 is 0 Å². The maximum absolute atomic E-state index is 12.5. The van der Waals surface area contributed by atoms with Crippen molar-refractivity contribution in [3.8, 4) is 6.07 Å². The van der Waals surface area contributed by atoms with Gasteiger partial charge in [-0.2, -0.15) is 18.4 Å². The first-order valence-electron chi connectivity index (χ1n) is 6.83. The summed E-state index contributed by atoms with van der Waals surface area (Å²) < 4.78 is 46.7. The topological polar surface area (TPSA) is 79.6 Å². The summed E-state index contributed by atoms with van der Waals surface area (Å²) in [7, 11) is 0. The van der Waals surface area contributed by atoms with Gasteiger partial charge in [-0.1, -0.05) is 0 Å². The van der Waals surface area contributed by atoms with Crippen molar-refractivity contribution in [3.05, 3.63) is 24.7 Å². The second-order valence-corrected chi connectivity index (χ2v) is 4.30. The largest absolute Gasteiger partial charge is 0.502 e. The third kappa shape index (κ3) is 9.58. The van der Waals surface area contributed by atoms with Gasteiger partial charge >= 0.3 is 6.18 Å². The molecule has 0 saturated heterocycles. The third-order valence-electron chi connectivity index (χ3n) is 2.46. The van der Waals surface area contributed by atoms with Crippen molar-refractivity contribution >= 4 is 5.78 Å². The number of ketones is 1. The van der Waals surface area contributed by atoms with E-state index in [1.165, 1.54) is 25.3 Å². The van der Waals surface area contributed by atoms with Crippen LogP contribution in [0.4, 0.5) is 13.2 Å². The van der Waals surface area contributed by atoms with Gasteiger partial charge in [0.2, 0.25) is 0 Å². The maximum atomic E-state index is 12.5. The van der Waals surface area contributed by atoms with Gasteiger partial charge in [-0.25, -0.2) is 0 Å². The summed E-state index contributed by atoms with van der Waals surface area (Å²) in [6, 6.07) is 1.36. The average molecular weight is 337 g/mol. The molecule has 2 atom stereocenters. The Morgan fingerprint density at radius 3 is 2.09 bits per heavy atom. The summed E-state index contributed by atoms with van der Waals surface area (Å²) in [5.74, 6) is -1.59. The molecule has 0 aromatic heterocycles. The number of halogens is 3. The lowest BCUT2D eigenvalue weighted by atomic mass is 9.89. The number of carbonyl (C=O) groups excluding carboxylic acids is 1. The molecular formula is C15H22F3NO4. The first-order chi connectivity index (χ1) is 10.6. The summed E-state index contributed by atoms with van der Waals surface area (Å²) in [5.41, 5.74) is -3.17. The number of hydrogen-bond acceptors (Lipinski definition) is 5. The highest BCUT2D eigenvalue weighted by Gasteiger charge is 2.56. The SMILES string of the molecule is CCO/C=C/C(C)=O.CCO/C=C/C(O)(C(C)C#N)C(F)(F)F. The highest BCUT2D eigenvalue weighted by molar-refractivity contribution is 5.86. The monoisotopic (exact) mass is 337 g/mol. The second-order valence-electron chi connectivity index (χ2n) is 4.30. The molecule has 23 heavy (non-hydrogen) atoms. The van der Waals surface area contributed by atoms with Crippen LogP contribution in [0.1, 0.15) is 27.7 Å². The molecule has 2 unspecified atom stereocenters. The molecule has 8 heteroatoms. The Morgan fingerprint density at radius 2 is 1.74 bits per heavy atom. The summed E-state index contributed by atoms with van der Waals surface area (Å²) >= 11 is 0. The molecule has 0 radical (unpaired) electrons. The van der Waals surface area contributed by atoms with Gasteiger partial charge in [-0.05, 0) is 33.8 Å². The molecule has 0 saturated carbocycles. The molecular weight excluding hydrogens is 315 g/mol. The van der Waals surface area contributed by atoms with E-state index in [1.54, 1.807) is 6.92 Å². The lowest BCUT2D eigenvalue weighted by Gasteiger charge is -2.29. The Labute approximate surface area is 134 Å². The van der Waals surface area contributed by atoms with E-state index in [9.17, 15) is 23.1 Å². The zero-order valence-electron chi connectivity index (χ0n) is 13.6. The highest BCUT2D eigenvalue weighted by atomic mass is 19.4. The number of alkyl halides is 3. The lowest BCUT2D eigenvalue weighted by Crippen LogP contribution is -2.48. The minimum atomic E-state index is -4.91. The number of rotatable bonds is 7. The minimum absolute atomic E-state index is 0.0125. The fourth-order valence-corrected chi connectivity index (χ4v) is 1.07. The van der Waals surface area contributed by atoms with E-state index in [-0.39, 0.29) is 12.4 Å². The van der Waals surface area contributed by atoms with Gasteiger partial charge in [0, 0.05) is 6.08 Å². The van der Waals surface area contributed by atoms with Gasteiger partial charge in [-0.15, -0.1) is 0 Å². The lowest BCUT2D eigenvalue weighted by molar-refractivity contribution is -0.250. The molecule has 0 heterocycles. The molecule has 5 nitrogen and oxygen atoms in total. The summed E-state index contributed by atoms with van der Waals surface area (Å²) in [4.78, 5) is 10.2. The molecule has 0 aliphatic carbocycles. The van der Waals surface area contributed by atoms with Crippen LogP contribution in [0.25, 0.3) is 0 Å². The average Bonchev–Trinajstić information content (AvgIpc) is 2.46. The fourth-order valence-electron chi connectivity index (χ4n) is 1.07. The normalized spacial score (nSPS) is 15.3. The number of nitrogens with zero attached hydrogens (tertiary/aromatic N) is 1. The molecule has 0 aliphatic rings. The van der Waals surface area contributed by atoms with E-state index in [0.29, 0.717) is 12.7 Å². The molecule has 0 aromatic rings. The van der Waals surface area contributed by atoms with Crippen molar-refractivity contribution in [3.63, 3.8) is 0 Å². The van der Waals surface area contributed by atoms with Crippen LogP contribution in [0.2, 0.25) is 0 Å². The van der Waals surface area contributed by atoms with Crippen LogP contribution >= 0.6 is 0 Å². The van der Waals surface area contributed by atoms with Crippen molar-refractivity contribution in [1.82, 2.24) is 0 Å². The van der Waals surface area contributed by atoms with Crippen LogP contribution in [0, 0.1) is 17.2 Å². The molecule has 0 amide bonds. The Bertz CT molecular complexity index is 441. The van der Waals surface area contributed by atoms with E-state index in [4.69, 9.17) is 10.00 Å². The first kappa shape index (κ1) is 23.3. The summed E-state index contributed by atoms with van der Waals surface area (Å²) in [6.07, 6.45) is -0.909. The standard InChI is InChI=1S/C9H12F3NO2.C6H10O2/c1-3-15-5-4-8(14,7(2)6-13)9(10,11)12;1-3-8-5-4-6(2)7/h4-5,7,14H,3H2,1-2H3;4-5H,3H2,1-2H3/b2*5-4+. The molecule has 0 spiro atoms. The zero-order chi connectivity index (χ0) is 18.5. The van der Waals surface area contributed by atoms with Gasteiger partial charge in [0.1, 0.15) is 0 Å². The van der Waals surface area contributed by atoms with Crippen molar-refractivity contribution in [2.24, 2.45) is 5.92 Å². The number of allylic oxidation sites excluding steroid dienone is 1. The quantitative estimate of drug-likeness (QED) is 0.570. The van der Waals surface area contributed by atoms with Crippen molar-refractivity contribution in [2.45, 2.75) is 39.5 Å². The van der Waals surface area contributed by atoms with Crippen LogP contribution in [-0.4, -0.2) is 35.9 Å². The highest BCUT2D eigenvalue weighted by Crippen LogP contribution is 2.37. The summed E-state index contributed by atoms with van der Waals surface area (Å²) in [5, 5.41) is 17.7. The minimum Gasteiger partial charge on any atom is -0.502 e. The van der Waals surface area contributed by atoms with Crippen LogP contribution in [0.3, 0.4) is 0 Å². The smallest absolute Gasteiger partial charge is 0.422 e. The van der Waals surface area contributed by atoms with Gasteiger partial charge in [-0.3, -0.25) is 4.79 Å². The van der Waals surface area contributed by atoms with E-state index < -0.39 is 17.7 Å². The van der Waals surface area contributed by atoms with E-state index in [0.717, 1.165) is 13.2 Å². The maximum Gasteiger partial charge on any atom is 0.422 e. The van der Waals surface area contributed by atoms with E-state index >= 15 is 0 Å². The van der Waals surface area contributed by atoms with Crippen LogP contribution in [0.5, 0.6) is 0 Å². The Kier molecular flexibility index (Phi) is 11.7. The molecule has 132 valence electrons. The number of carbonyl (C=O) groups is 1. The Morgan fingerprint density at radius 1 is 1.26 bits per heavy atom. The number of nitriles is 1. The van der Waals surface area contributed by atoms with E-state index in [1.807, 2.05) is 6.92 Å². The summed E-state index contributed by atoms with van der Waals surface area (Å²) in [6.45, 7) is 6.73. The van der Waals surface area contributed by atoms with Gasteiger partial charge in [0.15, 0.2) is 11.4 Å². The molecule has 0 fully saturated rings.